The Hall–Kier alpha value is -1.34. The van der Waals surface area contributed by atoms with E-state index in [1.165, 1.54) is 11.8 Å². The third-order valence-corrected chi connectivity index (χ3v) is 4.62. The minimum absolute atomic E-state index is 0.00618. The van der Waals surface area contributed by atoms with E-state index in [1.54, 1.807) is 18.4 Å². The van der Waals surface area contributed by atoms with Crippen LogP contribution in [0.5, 0.6) is 0 Å². The number of nitrogens with zero attached hydrogens (tertiary/aromatic N) is 3. The predicted octanol–water partition coefficient (Wildman–Crippen LogP) is 2.25. The van der Waals surface area contributed by atoms with Gasteiger partial charge in [-0.1, -0.05) is 17.8 Å². The van der Waals surface area contributed by atoms with Crippen molar-refractivity contribution >= 4 is 29.0 Å². The van der Waals surface area contributed by atoms with Crippen LogP contribution in [-0.4, -0.2) is 33.0 Å². The SMILES string of the molecule is CCn1c(SC(C)C(=O)NC)nnc1-c1cccs1. The number of rotatable bonds is 5. The summed E-state index contributed by atoms with van der Waals surface area (Å²) in [7, 11) is 1.64. The molecule has 1 unspecified atom stereocenters. The normalized spacial score (nSPS) is 12.4. The number of carbonyl (C=O) groups is 1. The van der Waals surface area contributed by atoms with Crippen LogP contribution in [0.2, 0.25) is 0 Å². The molecule has 0 saturated heterocycles. The smallest absolute Gasteiger partial charge is 0.233 e. The first-order chi connectivity index (χ1) is 9.17. The largest absolute Gasteiger partial charge is 0.358 e. The Labute approximate surface area is 120 Å². The van der Waals surface area contributed by atoms with Crippen molar-refractivity contribution in [1.29, 1.82) is 0 Å². The molecule has 102 valence electrons. The van der Waals surface area contributed by atoms with E-state index in [9.17, 15) is 4.79 Å². The second kappa shape index (κ2) is 6.21. The zero-order valence-electron chi connectivity index (χ0n) is 11.1. The second-order valence-electron chi connectivity index (χ2n) is 3.90. The standard InChI is InChI=1S/C12H16N4OS2/c1-4-16-10(9-6-5-7-18-9)14-15-12(16)19-8(2)11(17)13-3/h5-8H,4H2,1-3H3,(H,13,17). The first-order valence-corrected chi connectivity index (χ1v) is 7.78. The first kappa shape index (κ1) is 14.1. The van der Waals surface area contributed by atoms with Gasteiger partial charge in [-0.15, -0.1) is 21.5 Å². The van der Waals surface area contributed by atoms with Gasteiger partial charge in [0.2, 0.25) is 5.91 Å². The number of amides is 1. The van der Waals surface area contributed by atoms with E-state index in [1.807, 2.05) is 29.0 Å². The number of hydrogen-bond donors (Lipinski definition) is 1. The van der Waals surface area contributed by atoms with Gasteiger partial charge in [0.15, 0.2) is 11.0 Å². The summed E-state index contributed by atoms with van der Waals surface area (Å²) in [6.07, 6.45) is 0. The molecule has 0 radical (unpaired) electrons. The molecular formula is C12H16N4OS2. The van der Waals surface area contributed by atoms with Crippen molar-refractivity contribution in [1.82, 2.24) is 20.1 Å². The topological polar surface area (TPSA) is 59.8 Å². The number of carbonyl (C=O) groups excluding carboxylic acids is 1. The van der Waals surface area contributed by atoms with Crippen molar-refractivity contribution < 1.29 is 4.79 Å². The molecule has 7 heteroatoms. The van der Waals surface area contributed by atoms with Gasteiger partial charge in [0.05, 0.1) is 10.1 Å². The maximum Gasteiger partial charge on any atom is 0.233 e. The molecule has 2 aromatic heterocycles. The van der Waals surface area contributed by atoms with Crippen molar-refractivity contribution in [3.05, 3.63) is 17.5 Å². The summed E-state index contributed by atoms with van der Waals surface area (Å²) in [5.41, 5.74) is 0. The van der Waals surface area contributed by atoms with E-state index in [0.29, 0.717) is 0 Å². The third-order valence-electron chi connectivity index (χ3n) is 2.67. The monoisotopic (exact) mass is 296 g/mol. The van der Waals surface area contributed by atoms with Gasteiger partial charge in [-0.2, -0.15) is 0 Å². The summed E-state index contributed by atoms with van der Waals surface area (Å²) in [6.45, 7) is 4.70. The lowest BCUT2D eigenvalue weighted by molar-refractivity contribution is -0.119. The molecule has 1 N–H and O–H groups in total. The quantitative estimate of drug-likeness (QED) is 0.860. The van der Waals surface area contributed by atoms with Crippen LogP contribution in [0.15, 0.2) is 22.7 Å². The lowest BCUT2D eigenvalue weighted by atomic mass is 10.4. The Balaban J connectivity index is 2.25. The van der Waals surface area contributed by atoms with Crippen LogP contribution in [0.1, 0.15) is 13.8 Å². The maximum atomic E-state index is 11.6. The molecule has 0 aromatic carbocycles. The number of nitrogens with one attached hydrogen (secondary N) is 1. The Morgan fingerprint density at radius 1 is 1.58 bits per heavy atom. The van der Waals surface area contributed by atoms with Gasteiger partial charge < -0.3 is 9.88 Å². The molecule has 0 aliphatic rings. The molecule has 0 fully saturated rings. The highest BCUT2D eigenvalue weighted by Gasteiger charge is 2.19. The van der Waals surface area contributed by atoms with Gasteiger partial charge in [-0.3, -0.25) is 4.79 Å². The molecule has 1 amide bonds. The summed E-state index contributed by atoms with van der Waals surface area (Å²) in [6, 6.07) is 4.02. The molecular weight excluding hydrogens is 280 g/mol. The molecule has 19 heavy (non-hydrogen) atoms. The Bertz CT molecular complexity index is 550. The van der Waals surface area contributed by atoms with E-state index in [0.717, 1.165) is 22.4 Å². The lowest BCUT2D eigenvalue weighted by Crippen LogP contribution is -2.27. The summed E-state index contributed by atoms with van der Waals surface area (Å²) < 4.78 is 2.04. The van der Waals surface area contributed by atoms with E-state index in [2.05, 4.69) is 22.4 Å². The number of thiophene rings is 1. The Morgan fingerprint density at radius 2 is 2.37 bits per heavy atom. The summed E-state index contributed by atoms with van der Waals surface area (Å²) >= 11 is 3.06. The molecule has 2 aromatic rings. The van der Waals surface area contributed by atoms with E-state index >= 15 is 0 Å². The van der Waals surface area contributed by atoms with Gasteiger partial charge in [-0.05, 0) is 25.3 Å². The molecule has 0 saturated carbocycles. The van der Waals surface area contributed by atoms with Crippen LogP contribution < -0.4 is 5.32 Å². The molecule has 0 aliphatic heterocycles. The highest BCUT2D eigenvalue weighted by molar-refractivity contribution is 8.00. The first-order valence-electron chi connectivity index (χ1n) is 6.02. The number of aromatic nitrogens is 3. The fourth-order valence-electron chi connectivity index (χ4n) is 1.66. The average molecular weight is 296 g/mol. The van der Waals surface area contributed by atoms with Crippen LogP contribution in [0.4, 0.5) is 0 Å². The molecule has 5 nitrogen and oxygen atoms in total. The minimum atomic E-state index is -0.185. The second-order valence-corrected chi connectivity index (χ2v) is 6.16. The van der Waals surface area contributed by atoms with Gasteiger partial charge in [0.25, 0.3) is 0 Å². The zero-order valence-corrected chi connectivity index (χ0v) is 12.7. The van der Waals surface area contributed by atoms with E-state index in [4.69, 9.17) is 0 Å². The molecule has 2 heterocycles. The molecule has 2 rings (SSSR count). The molecule has 0 spiro atoms. The van der Waals surface area contributed by atoms with Crippen molar-refractivity contribution in [2.75, 3.05) is 7.05 Å². The van der Waals surface area contributed by atoms with Crippen molar-refractivity contribution in [3.63, 3.8) is 0 Å². The van der Waals surface area contributed by atoms with Crippen LogP contribution in [-0.2, 0) is 11.3 Å². The third kappa shape index (κ3) is 2.98. The molecule has 0 bridgehead atoms. The lowest BCUT2D eigenvalue weighted by Gasteiger charge is -2.10. The van der Waals surface area contributed by atoms with Crippen molar-refractivity contribution in [3.8, 4) is 10.7 Å². The van der Waals surface area contributed by atoms with Crippen LogP contribution in [0.25, 0.3) is 10.7 Å². The van der Waals surface area contributed by atoms with Gasteiger partial charge in [0.1, 0.15) is 0 Å². The van der Waals surface area contributed by atoms with Gasteiger partial charge in [0, 0.05) is 13.6 Å². The van der Waals surface area contributed by atoms with Gasteiger partial charge >= 0.3 is 0 Å². The van der Waals surface area contributed by atoms with Crippen LogP contribution >= 0.6 is 23.1 Å². The zero-order chi connectivity index (χ0) is 13.8. The van der Waals surface area contributed by atoms with Crippen molar-refractivity contribution in [2.24, 2.45) is 0 Å². The van der Waals surface area contributed by atoms with Crippen LogP contribution in [0, 0.1) is 0 Å². The van der Waals surface area contributed by atoms with Crippen molar-refractivity contribution in [2.45, 2.75) is 30.8 Å². The van der Waals surface area contributed by atoms with E-state index in [-0.39, 0.29) is 11.2 Å². The highest BCUT2D eigenvalue weighted by atomic mass is 32.2. The molecule has 1 atom stereocenters. The summed E-state index contributed by atoms with van der Waals surface area (Å²) in [5.74, 6) is 0.859. The summed E-state index contributed by atoms with van der Waals surface area (Å²) in [5, 5.41) is 13.7. The average Bonchev–Trinajstić information content (AvgIpc) is 3.05. The summed E-state index contributed by atoms with van der Waals surface area (Å²) in [4.78, 5) is 12.7. The Morgan fingerprint density at radius 3 is 2.95 bits per heavy atom. The Kier molecular flexibility index (Phi) is 4.60. The molecule has 0 aliphatic carbocycles. The fourth-order valence-corrected chi connectivity index (χ4v) is 3.35. The maximum absolute atomic E-state index is 11.6. The predicted molar refractivity (Wildman–Crippen MR) is 78.4 cm³/mol. The number of hydrogen-bond acceptors (Lipinski definition) is 5. The van der Waals surface area contributed by atoms with E-state index < -0.39 is 0 Å². The van der Waals surface area contributed by atoms with Crippen LogP contribution in [0.3, 0.4) is 0 Å². The number of thioether (sulfide) groups is 1. The minimum Gasteiger partial charge on any atom is -0.358 e. The highest BCUT2D eigenvalue weighted by Crippen LogP contribution is 2.28. The van der Waals surface area contributed by atoms with Gasteiger partial charge in [-0.25, -0.2) is 0 Å². The fraction of sp³-hybridized carbons (Fsp3) is 0.417.